The summed E-state index contributed by atoms with van der Waals surface area (Å²) >= 11 is 0. The van der Waals surface area contributed by atoms with Crippen LogP contribution < -0.4 is 9.64 Å². The van der Waals surface area contributed by atoms with Gasteiger partial charge in [-0.2, -0.15) is 5.10 Å². The second kappa shape index (κ2) is 12.0. The third-order valence-electron chi connectivity index (χ3n) is 6.01. The van der Waals surface area contributed by atoms with Gasteiger partial charge in [0, 0.05) is 30.5 Å². The van der Waals surface area contributed by atoms with Gasteiger partial charge in [0.1, 0.15) is 30.0 Å². The van der Waals surface area contributed by atoms with Gasteiger partial charge in [-0.05, 0) is 24.3 Å². The molecule has 1 saturated heterocycles. The number of hydrogen-bond donors (Lipinski definition) is 2. The van der Waals surface area contributed by atoms with Gasteiger partial charge in [0.2, 0.25) is 0 Å². The molecule has 4 rings (SSSR count). The average molecular weight is 572 g/mol. The van der Waals surface area contributed by atoms with Crippen LogP contribution in [0.2, 0.25) is 0 Å². The first-order chi connectivity index (χ1) is 19.0. The molecule has 2 heterocycles. The molecule has 16 heteroatoms. The molecule has 4 atom stereocenters. The molecule has 40 heavy (non-hydrogen) atoms. The Bertz CT molecular complexity index is 1350. The number of nitrogens with zero attached hydrogens (tertiary/aromatic N) is 6. The summed E-state index contributed by atoms with van der Waals surface area (Å²) in [5.74, 6) is -4.96. The maximum absolute atomic E-state index is 13.7. The van der Waals surface area contributed by atoms with Crippen LogP contribution >= 0.6 is 0 Å². The quantitative estimate of drug-likeness (QED) is 0.133. The van der Waals surface area contributed by atoms with E-state index in [0.29, 0.717) is 0 Å². The summed E-state index contributed by atoms with van der Waals surface area (Å²) in [6.07, 6.45) is -5.53. The molecule has 3 aromatic rings. The van der Waals surface area contributed by atoms with Crippen LogP contribution in [-0.2, 0) is 4.74 Å². The average Bonchev–Trinajstić information content (AvgIpc) is 3.39. The Kier molecular flexibility index (Phi) is 8.70. The third kappa shape index (κ3) is 6.75. The van der Waals surface area contributed by atoms with Crippen molar-refractivity contribution in [3.63, 3.8) is 0 Å². The number of anilines is 1. The normalized spacial score (nSPS) is 21.5. The van der Waals surface area contributed by atoms with Crippen molar-refractivity contribution in [1.29, 1.82) is 0 Å². The second-order valence-corrected chi connectivity index (χ2v) is 8.68. The molecule has 1 fully saturated rings. The number of hydrogen-bond acceptors (Lipinski definition) is 8. The molecule has 0 amide bonds. The van der Waals surface area contributed by atoms with Gasteiger partial charge in [-0.15, -0.1) is 23.4 Å². The molecule has 0 saturated carbocycles. The fourth-order valence-corrected chi connectivity index (χ4v) is 4.24. The summed E-state index contributed by atoms with van der Waals surface area (Å²) in [5, 5.41) is 35.5. The van der Waals surface area contributed by atoms with Crippen molar-refractivity contribution in [1.82, 2.24) is 15.0 Å². The van der Waals surface area contributed by atoms with E-state index in [2.05, 4.69) is 32.0 Å². The van der Waals surface area contributed by atoms with Crippen LogP contribution in [0.25, 0.3) is 11.3 Å². The number of aliphatic hydroxyl groups is 2. The fraction of sp³-hybridized carbons (Fsp3) is 0.333. The van der Waals surface area contributed by atoms with Crippen LogP contribution in [0.4, 0.5) is 32.0 Å². The molecular formula is C24H22F6N6O4. The maximum atomic E-state index is 13.7. The molecule has 2 N–H and O–H groups in total. The van der Waals surface area contributed by atoms with E-state index in [9.17, 15) is 36.6 Å². The Balaban J connectivity index is 1.59. The largest absolute Gasteiger partial charge is 0.573 e. The zero-order chi connectivity index (χ0) is 29.0. The van der Waals surface area contributed by atoms with E-state index < -0.39 is 60.5 Å². The topological polar surface area (TPSA) is 118 Å². The number of alkyl halides is 3. The van der Waals surface area contributed by atoms with Gasteiger partial charge < -0.3 is 24.6 Å². The van der Waals surface area contributed by atoms with E-state index in [0.717, 1.165) is 24.3 Å². The van der Waals surface area contributed by atoms with E-state index in [1.54, 1.807) is 0 Å². The van der Waals surface area contributed by atoms with Gasteiger partial charge in [0.15, 0.2) is 17.5 Å². The molecule has 10 nitrogen and oxygen atoms in total. The van der Waals surface area contributed by atoms with Crippen LogP contribution in [0.5, 0.6) is 5.75 Å². The van der Waals surface area contributed by atoms with Crippen molar-refractivity contribution in [3.8, 4) is 17.0 Å². The molecule has 214 valence electrons. The Labute approximate surface area is 222 Å². The summed E-state index contributed by atoms with van der Waals surface area (Å²) in [4.78, 5) is 1.41. The third-order valence-corrected chi connectivity index (χ3v) is 6.01. The monoisotopic (exact) mass is 572 g/mol. The highest BCUT2D eigenvalue weighted by atomic mass is 19.4. The second-order valence-electron chi connectivity index (χ2n) is 8.68. The minimum atomic E-state index is -4.91. The highest BCUT2D eigenvalue weighted by Crippen LogP contribution is 2.33. The summed E-state index contributed by atoms with van der Waals surface area (Å²) in [6, 6.07) is 5.69. The fourth-order valence-electron chi connectivity index (χ4n) is 4.24. The minimum absolute atomic E-state index is 0.0131. The van der Waals surface area contributed by atoms with Crippen LogP contribution in [-0.4, -0.2) is 76.1 Å². The zero-order valence-corrected chi connectivity index (χ0v) is 20.4. The summed E-state index contributed by atoms with van der Waals surface area (Å²) in [6.45, 7) is 2.60. The number of aromatic nitrogens is 3. The van der Waals surface area contributed by atoms with Gasteiger partial charge in [-0.3, -0.25) is 0 Å². The van der Waals surface area contributed by atoms with Gasteiger partial charge in [0.25, 0.3) is 0 Å². The lowest BCUT2D eigenvalue weighted by molar-refractivity contribution is -0.274. The number of rotatable bonds is 9. The number of aliphatic hydroxyl groups excluding tert-OH is 2. The summed E-state index contributed by atoms with van der Waals surface area (Å²) in [7, 11) is 0. The Hall–Kier alpha value is -4.02. The molecule has 0 radical (unpaired) electrons. The number of halogens is 6. The SMILES string of the molecule is C=N/N=C\N(CC1CC(n2cc(-c3cc(F)c(F)c(F)c3)nn2)C(O)C(CO)O1)c1cccc(OC(F)(F)F)c1. The lowest BCUT2D eigenvalue weighted by Crippen LogP contribution is -2.50. The molecular weight excluding hydrogens is 550 g/mol. The highest BCUT2D eigenvalue weighted by molar-refractivity contribution is 5.79. The van der Waals surface area contributed by atoms with Crippen molar-refractivity contribution in [2.45, 2.75) is 37.1 Å². The van der Waals surface area contributed by atoms with Crippen molar-refractivity contribution < 1.29 is 46.0 Å². The van der Waals surface area contributed by atoms with Crippen molar-refractivity contribution in [2.24, 2.45) is 10.2 Å². The first-order valence-corrected chi connectivity index (χ1v) is 11.6. The number of benzene rings is 2. The first kappa shape index (κ1) is 29.0. The van der Waals surface area contributed by atoms with Crippen molar-refractivity contribution >= 4 is 18.7 Å². The van der Waals surface area contributed by atoms with Crippen LogP contribution in [0, 0.1) is 17.5 Å². The minimum Gasteiger partial charge on any atom is -0.406 e. The molecule has 0 bridgehead atoms. The van der Waals surface area contributed by atoms with Gasteiger partial charge >= 0.3 is 6.36 Å². The predicted molar refractivity (Wildman–Crippen MR) is 129 cm³/mol. The maximum Gasteiger partial charge on any atom is 0.573 e. The molecule has 0 spiro atoms. The standard InChI is InChI=1S/C24H22F6N6O4/c1-31-32-12-35(14-3-2-4-15(7-14)40-24(28,29)30)9-16-8-20(23(38)21(11-37)39-16)36-10-19(33-34-36)13-5-17(25)22(27)18(26)6-13/h2-7,10,12,16,20-21,23,37-38H,1,8-9,11H2/b32-12-. The molecule has 2 aromatic carbocycles. The summed E-state index contributed by atoms with van der Waals surface area (Å²) in [5.41, 5.74) is 0.116. The molecule has 1 aliphatic rings. The van der Waals surface area contributed by atoms with Crippen LogP contribution in [0.3, 0.4) is 0 Å². The summed E-state index contributed by atoms with van der Waals surface area (Å²) < 4.78 is 90.0. The number of ether oxygens (including phenoxy) is 2. The van der Waals surface area contributed by atoms with E-state index in [-0.39, 0.29) is 29.9 Å². The van der Waals surface area contributed by atoms with E-state index in [4.69, 9.17) is 4.74 Å². The molecule has 0 aliphatic carbocycles. The highest BCUT2D eigenvalue weighted by Gasteiger charge is 2.40. The van der Waals surface area contributed by atoms with Crippen molar-refractivity contribution in [3.05, 3.63) is 60.0 Å². The van der Waals surface area contributed by atoms with E-state index >= 15 is 0 Å². The van der Waals surface area contributed by atoms with Crippen LogP contribution in [0.15, 0.2) is 52.8 Å². The Morgan fingerprint density at radius 2 is 1.93 bits per heavy atom. The molecule has 1 aliphatic heterocycles. The zero-order valence-electron chi connectivity index (χ0n) is 20.4. The first-order valence-electron chi connectivity index (χ1n) is 11.6. The smallest absolute Gasteiger partial charge is 0.406 e. The lowest BCUT2D eigenvalue weighted by atomic mass is 9.95. The Morgan fingerprint density at radius 3 is 2.58 bits per heavy atom. The van der Waals surface area contributed by atoms with E-state index in [1.165, 1.54) is 34.2 Å². The predicted octanol–water partition coefficient (Wildman–Crippen LogP) is 3.46. The van der Waals surface area contributed by atoms with Gasteiger partial charge in [-0.25, -0.2) is 17.9 Å². The van der Waals surface area contributed by atoms with E-state index in [1.807, 2.05) is 0 Å². The Morgan fingerprint density at radius 1 is 1.20 bits per heavy atom. The molecule has 4 unspecified atom stereocenters. The van der Waals surface area contributed by atoms with Crippen molar-refractivity contribution in [2.75, 3.05) is 18.1 Å². The molecule has 1 aromatic heterocycles. The van der Waals surface area contributed by atoms with Crippen LogP contribution in [0.1, 0.15) is 12.5 Å². The lowest BCUT2D eigenvalue weighted by Gasteiger charge is -2.40. The van der Waals surface area contributed by atoms with Gasteiger partial charge in [0.05, 0.1) is 31.5 Å². The van der Waals surface area contributed by atoms with Gasteiger partial charge in [-0.1, -0.05) is 11.3 Å².